The first-order valence-corrected chi connectivity index (χ1v) is 8.20. The van der Waals surface area contributed by atoms with Crippen LogP contribution in [-0.2, 0) is 16.0 Å². The number of amides is 1. The van der Waals surface area contributed by atoms with Gasteiger partial charge in [0.05, 0.1) is 19.1 Å². The normalized spacial score (nSPS) is 22.7. The third kappa shape index (κ3) is 3.38. The van der Waals surface area contributed by atoms with Crippen molar-refractivity contribution in [1.29, 1.82) is 0 Å². The summed E-state index contributed by atoms with van der Waals surface area (Å²) in [6.45, 7) is 6.59. The van der Waals surface area contributed by atoms with Crippen LogP contribution in [0.4, 0.5) is 5.82 Å². The highest BCUT2D eigenvalue weighted by molar-refractivity contribution is 5.79. The molecular formula is C16H24N4O2. The number of hydrogen-bond acceptors (Lipinski definition) is 5. The molecular weight excluding hydrogens is 280 g/mol. The number of rotatable bonds is 3. The van der Waals surface area contributed by atoms with Crippen molar-refractivity contribution in [1.82, 2.24) is 14.9 Å². The summed E-state index contributed by atoms with van der Waals surface area (Å²) in [6.07, 6.45) is 4.53. The number of piperidine rings is 1. The van der Waals surface area contributed by atoms with Crippen LogP contribution in [0.15, 0.2) is 12.4 Å². The van der Waals surface area contributed by atoms with Crippen LogP contribution < -0.4 is 4.90 Å². The van der Waals surface area contributed by atoms with Crippen molar-refractivity contribution in [2.24, 2.45) is 5.92 Å². The molecule has 3 heterocycles. The van der Waals surface area contributed by atoms with Crippen LogP contribution in [0.5, 0.6) is 0 Å². The number of ether oxygens (including phenoxy) is 1. The minimum atomic E-state index is 0.0758. The van der Waals surface area contributed by atoms with Gasteiger partial charge in [-0.3, -0.25) is 4.79 Å². The predicted octanol–water partition coefficient (Wildman–Crippen LogP) is 1.11. The Morgan fingerprint density at radius 3 is 2.91 bits per heavy atom. The molecule has 2 fully saturated rings. The molecule has 1 aromatic rings. The standard InChI is InChI=1S/C16H24N4O2/c1-2-14-10-15(18-12-17-14)20-5-3-4-13(11-20)16(21)19-6-8-22-9-7-19/h10,12-13H,2-9,11H2,1H3. The number of aryl methyl sites for hydroxylation is 1. The van der Waals surface area contributed by atoms with Crippen LogP contribution in [0.2, 0.25) is 0 Å². The van der Waals surface area contributed by atoms with E-state index in [0.717, 1.165) is 57.0 Å². The lowest BCUT2D eigenvalue weighted by Crippen LogP contribution is -2.48. The number of morpholine rings is 1. The number of anilines is 1. The fraction of sp³-hybridized carbons (Fsp3) is 0.688. The Morgan fingerprint density at radius 1 is 1.32 bits per heavy atom. The summed E-state index contributed by atoms with van der Waals surface area (Å²) >= 11 is 0. The Morgan fingerprint density at radius 2 is 2.14 bits per heavy atom. The average molecular weight is 304 g/mol. The number of aromatic nitrogens is 2. The van der Waals surface area contributed by atoms with Gasteiger partial charge in [-0.2, -0.15) is 0 Å². The van der Waals surface area contributed by atoms with Crippen LogP contribution in [0.25, 0.3) is 0 Å². The van der Waals surface area contributed by atoms with Crippen LogP contribution in [-0.4, -0.2) is 60.2 Å². The van der Waals surface area contributed by atoms with E-state index in [2.05, 4.69) is 21.8 Å². The minimum Gasteiger partial charge on any atom is -0.378 e. The quantitative estimate of drug-likeness (QED) is 0.837. The summed E-state index contributed by atoms with van der Waals surface area (Å²) in [5.74, 6) is 1.30. The molecule has 2 saturated heterocycles. The van der Waals surface area contributed by atoms with Crippen molar-refractivity contribution in [3.8, 4) is 0 Å². The molecule has 6 heteroatoms. The van der Waals surface area contributed by atoms with Crippen molar-refractivity contribution in [3.63, 3.8) is 0 Å². The molecule has 0 spiro atoms. The first-order chi connectivity index (χ1) is 10.8. The second kappa shape index (κ2) is 7.05. The molecule has 1 atom stereocenters. The minimum absolute atomic E-state index is 0.0758. The fourth-order valence-corrected chi connectivity index (χ4v) is 3.18. The lowest BCUT2D eigenvalue weighted by molar-refractivity contribution is -0.139. The molecule has 1 unspecified atom stereocenters. The third-order valence-electron chi connectivity index (χ3n) is 4.49. The van der Waals surface area contributed by atoms with Gasteiger partial charge in [0.15, 0.2) is 0 Å². The summed E-state index contributed by atoms with van der Waals surface area (Å²) in [6, 6.07) is 2.04. The summed E-state index contributed by atoms with van der Waals surface area (Å²) in [7, 11) is 0. The van der Waals surface area contributed by atoms with Gasteiger partial charge in [0.25, 0.3) is 0 Å². The van der Waals surface area contributed by atoms with Gasteiger partial charge in [0.1, 0.15) is 12.1 Å². The Bertz CT molecular complexity index is 517. The van der Waals surface area contributed by atoms with Gasteiger partial charge in [0, 0.05) is 37.9 Å². The van der Waals surface area contributed by atoms with Crippen molar-refractivity contribution >= 4 is 11.7 Å². The molecule has 6 nitrogen and oxygen atoms in total. The zero-order chi connectivity index (χ0) is 15.4. The Kier molecular flexibility index (Phi) is 4.87. The SMILES string of the molecule is CCc1cc(N2CCCC(C(=O)N3CCOCC3)C2)ncn1. The average Bonchev–Trinajstić information content (AvgIpc) is 2.62. The Hall–Kier alpha value is -1.69. The Balaban J connectivity index is 1.66. The van der Waals surface area contributed by atoms with Gasteiger partial charge < -0.3 is 14.5 Å². The largest absolute Gasteiger partial charge is 0.378 e. The number of hydrogen-bond donors (Lipinski definition) is 0. The van der Waals surface area contributed by atoms with Crippen molar-refractivity contribution < 1.29 is 9.53 Å². The van der Waals surface area contributed by atoms with Gasteiger partial charge in [0.2, 0.25) is 5.91 Å². The third-order valence-corrected chi connectivity index (χ3v) is 4.49. The highest BCUT2D eigenvalue weighted by atomic mass is 16.5. The first-order valence-electron chi connectivity index (χ1n) is 8.20. The molecule has 0 N–H and O–H groups in total. The number of carbonyl (C=O) groups excluding carboxylic acids is 1. The molecule has 0 aromatic carbocycles. The van der Waals surface area contributed by atoms with Crippen molar-refractivity contribution in [3.05, 3.63) is 18.1 Å². The van der Waals surface area contributed by atoms with Crippen LogP contribution >= 0.6 is 0 Å². The fourth-order valence-electron chi connectivity index (χ4n) is 3.18. The van der Waals surface area contributed by atoms with Crippen LogP contribution in [0.1, 0.15) is 25.5 Å². The molecule has 2 aliphatic rings. The second-order valence-corrected chi connectivity index (χ2v) is 5.94. The molecule has 1 aromatic heterocycles. The molecule has 0 saturated carbocycles. The van der Waals surface area contributed by atoms with Gasteiger partial charge >= 0.3 is 0 Å². The zero-order valence-corrected chi connectivity index (χ0v) is 13.2. The molecule has 0 radical (unpaired) electrons. The van der Waals surface area contributed by atoms with E-state index in [1.165, 1.54) is 0 Å². The van der Waals surface area contributed by atoms with Crippen LogP contribution in [0.3, 0.4) is 0 Å². The van der Waals surface area contributed by atoms with E-state index >= 15 is 0 Å². The predicted molar refractivity (Wildman–Crippen MR) is 83.7 cm³/mol. The maximum Gasteiger partial charge on any atom is 0.227 e. The highest BCUT2D eigenvalue weighted by Crippen LogP contribution is 2.23. The van der Waals surface area contributed by atoms with E-state index in [9.17, 15) is 4.79 Å². The molecule has 1 amide bonds. The first kappa shape index (κ1) is 15.2. The van der Waals surface area contributed by atoms with Crippen molar-refractivity contribution in [2.45, 2.75) is 26.2 Å². The molecule has 22 heavy (non-hydrogen) atoms. The lowest BCUT2D eigenvalue weighted by Gasteiger charge is -2.36. The zero-order valence-electron chi connectivity index (χ0n) is 13.2. The molecule has 3 rings (SSSR count). The summed E-state index contributed by atoms with van der Waals surface area (Å²) in [5, 5.41) is 0. The molecule has 2 aliphatic heterocycles. The van der Waals surface area contributed by atoms with E-state index < -0.39 is 0 Å². The van der Waals surface area contributed by atoms with Gasteiger partial charge in [-0.1, -0.05) is 6.92 Å². The van der Waals surface area contributed by atoms with Gasteiger partial charge in [-0.05, 0) is 19.3 Å². The Labute approximate surface area is 131 Å². The smallest absolute Gasteiger partial charge is 0.227 e. The van der Waals surface area contributed by atoms with Crippen LogP contribution in [0, 0.1) is 5.92 Å². The summed E-state index contributed by atoms with van der Waals surface area (Å²) < 4.78 is 5.33. The van der Waals surface area contributed by atoms with Crippen molar-refractivity contribution in [2.75, 3.05) is 44.3 Å². The molecule has 0 aliphatic carbocycles. The number of carbonyl (C=O) groups is 1. The van der Waals surface area contributed by atoms with Gasteiger partial charge in [-0.15, -0.1) is 0 Å². The molecule has 0 bridgehead atoms. The lowest BCUT2D eigenvalue weighted by atomic mass is 9.96. The van der Waals surface area contributed by atoms with E-state index in [1.54, 1.807) is 6.33 Å². The van der Waals surface area contributed by atoms with E-state index in [0.29, 0.717) is 13.2 Å². The monoisotopic (exact) mass is 304 g/mol. The number of nitrogens with zero attached hydrogens (tertiary/aromatic N) is 4. The maximum absolute atomic E-state index is 12.7. The van der Waals surface area contributed by atoms with E-state index in [4.69, 9.17) is 4.74 Å². The highest BCUT2D eigenvalue weighted by Gasteiger charge is 2.30. The second-order valence-electron chi connectivity index (χ2n) is 5.94. The maximum atomic E-state index is 12.7. The summed E-state index contributed by atoms with van der Waals surface area (Å²) in [4.78, 5) is 25.5. The van der Waals surface area contributed by atoms with E-state index in [-0.39, 0.29) is 11.8 Å². The topological polar surface area (TPSA) is 58.6 Å². The van der Waals surface area contributed by atoms with E-state index in [1.807, 2.05) is 11.0 Å². The molecule has 120 valence electrons. The van der Waals surface area contributed by atoms with Gasteiger partial charge in [-0.25, -0.2) is 9.97 Å². The summed E-state index contributed by atoms with van der Waals surface area (Å²) in [5.41, 5.74) is 1.05.